The molecular weight excluding hydrogens is 439 g/mol. The summed E-state index contributed by atoms with van der Waals surface area (Å²) in [4.78, 5) is 28.9. The minimum Gasteiger partial charge on any atom is -0.484 e. The van der Waals surface area contributed by atoms with Crippen molar-refractivity contribution in [3.05, 3.63) is 64.1 Å². The first kappa shape index (κ1) is 22.3. The number of aliphatic hydroxyl groups excluding tert-OH is 1. The Balaban J connectivity index is 1.39. The molecule has 2 aromatic rings. The molecule has 9 heteroatoms. The maximum atomic E-state index is 14.0. The Morgan fingerprint density at radius 3 is 2.72 bits per heavy atom. The molecule has 2 aliphatic heterocycles. The van der Waals surface area contributed by atoms with Gasteiger partial charge in [0.15, 0.2) is 12.4 Å². The molecule has 2 aromatic carbocycles. The van der Waals surface area contributed by atoms with Crippen LogP contribution in [0.2, 0.25) is 5.02 Å². The van der Waals surface area contributed by atoms with Gasteiger partial charge in [0.25, 0.3) is 5.91 Å². The van der Waals surface area contributed by atoms with E-state index in [1.165, 1.54) is 30.3 Å². The van der Waals surface area contributed by atoms with Gasteiger partial charge < -0.3 is 19.5 Å². The molecule has 0 unspecified atom stereocenters. The van der Waals surface area contributed by atoms with Gasteiger partial charge in [0, 0.05) is 44.4 Å². The Morgan fingerprint density at radius 1 is 1.22 bits per heavy atom. The second-order valence-corrected chi connectivity index (χ2v) is 7.87. The van der Waals surface area contributed by atoms with Crippen molar-refractivity contribution in [1.82, 2.24) is 9.80 Å². The third kappa shape index (κ3) is 4.77. The first-order valence-corrected chi connectivity index (χ1v) is 10.6. The summed E-state index contributed by atoms with van der Waals surface area (Å²) in [5.74, 6) is -0.466. The average Bonchev–Trinajstić information content (AvgIpc) is 3.10. The van der Waals surface area contributed by atoms with Gasteiger partial charge in [-0.2, -0.15) is 0 Å². The molecular formula is C23H22ClFN2O5. The Morgan fingerprint density at radius 2 is 2.00 bits per heavy atom. The third-order valence-electron chi connectivity index (χ3n) is 5.42. The molecule has 0 atom stereocenters. The molecule has 32 heavy (non-hydrogen) atoms. The Kier molecular flexibility index (Phi) is 6.74. The molecule has 4 rings (SSSR count). The average molecular weight is 461 g/mol. The number of fused-ring (bicyclic) bond motifs is 1. The second-order valence-electron chi connectivity index (χ2n) is 7.47. The van der Waals surface area contributed by atoms with E-state index in [4.69, 9.17) is 26.2 Å². The van der Waals surface area contributed by atoms with Crippen LogP contribution in [0.1, 0.15) is 15.9 Å². The maximum Gasteiger partial charge on any atom is 0.260 e. The predicted octanol–water partition coefficient (Wildman–Crippen LogP) is 2.61. The zero-order valence-electron chi connectivity index (χ0n) is 17.2. The lowest BCUT2D eigenvalue weighted by Crippen LogP contribution is -2.50. The number of allylic oxidation sites excluding steroid dienone is 1. The Hall–Kier alpha value is -2.94. The highest BCUT2D eigenvalue weighted by Gasteiger charge is 2.29. The number of ether oxygens (including phenoxy) is 2. The molecule has 1 fully saturated rings. The van der Waals surface area contributed by atoms with Crippen molar-refractivity contribution in [2.24, 2.45) is 0 Å². The number of halogens is 2. The monoisotopic (exact) mass is 460 g/mol. The van der Waals surface area contributed by atoms with Gasteiger partial charge in [0.1, 0.15) is 17.3 Å². The van der Waals surface area contributed by atoms with E-state index in [9.17, 15) is 14.0 Å². The van der Waals surface area contributed by atoms with Crippen LogP contribution < -0.4 is 9.47 Å². The van der Waals surface area contributed by atoms with E-state index in [0.29, 0.717) is 44.0 Å². The summed E-state index contributed by atoms with van der Waals surface area (Å²) in [5, 5.41) is 9.17. The fourth-order valence-corrected chi connectivity index (χ4v) is 3.85. The van der Waals surface area contributed by atoms with E-state index in [0.717, 1.165) is 0 Å². The number of β-amino-alcohol motifs (C(OH)–C–C–N with tert-alkyl or cyclic N) is 1. The van der Waals surface area contributed by atoms with Gasteiger partial charge in [0.2, 0.25) is 5.78 Å². The molecule has 2 aliphatic rings. The number of hydrogen-bond donors (Lipinski definition) is 1. The van der Waals surface area contributed by atoms with Crippen LogP contribution in [-0.4, -0.2) is 72.5 Å². The number of nitrogens with zero attached hydrogens (tertiary/aromatic N) is 2. The molecule has 1 saturated heterocycles. The quantitative estimate of drug-likeness (QED) is 0.668. The van der Waals surface area contributed by atoms with E-state index < -0.39 is 5.82 Å². The SMILES string of the molecule is O=C1C(=Cc2c(F)cccc2Cl)Oc2cc(OCC(=O)N3CCN(CCO)CC3)ccc21. The van der Waals surface area contributed by atoms with Gasteiger partial charge in [-0.1, -0.05) is 17.7 Å². The smallest absolute Gasteiger partial charge is 0.260 e. The number of Topliss-reactive ketones (excluding diaryl/α,β-unsaturated/α-hetero) is 1. The fraction of sp³-hybridized carbons (Fsp3) is 0.304. The molecule has 0 bridgehead atoms. The summed E-state index contributed by atoms with van der Waals surface area (Å²) >= 11 is 6.03. The Bertz CT molecular complexity index is 1050. The van der Waals surface area contributed by atoms with Gasteiger partial charge >= 0.3 is 0 Å². The summed E-state index contributed by atoms with van der Waals surface area (Å²) in [6.07, 6.45) is 1.28. The molecule has 0 radical (unpaired) electrons. The van der Waals surface area contributed by atoms with E-state index >= 15 is 0 Å². The van der Waals surface area contributed by atoms with Crippen molar-refractivity contribution in [2.75, 3.05) is 45.9 Å². The van der Waals surface area contributed by atoms with Gasteiger partial charge in [-0.25, -0.2) is 4.39 Å². The largest absolute Gasteiger partial charge is 0.484 e. The fourth-order valence-electron chi connectivity index (χ4n) is 3.64. The Labute approximate surface area is 189 Å². The van der Waals surface area contributed by atoms with Crippen LogP contribution in [0.5, 0.6) is 11.5 Å². The van der Waals surface area contributed by atoms with E-state index in [-0.39, 0.29) is 47.0 Å². The van der Waals surface area contributed by atoms with Crippen LogP contribution in [0.25, 0.3) is 6.08 Å². The van der Waals surface area contributed by atoms with E-state index in [2.05, 4.69) is 4.90 Å². The summed E-state index contributed by atoms with van der Waals surface area (Å²) in [5.41, 5.74) is 0.397. The van der Waals surface area contributed by atoms with Crippen LogP contribution >= 0.6 is 11.6 Å². The number of carbonyl (C=O) groups excluding carboxylic acids is 2. The van der Waals surface area contributed by atoms with Crippen LogP contribution in [0.15, 0.2) is 42.2 Å². The lowest BCUT2D eigenvalue weighted by atomic mass is 10.1. The topological polar surface area (TPSA) is 79.3 Å². The number of hydrogen-bond acceptors (Lipinski definition) is 6. The highest BCUT2D eigenvalue weighted by atomic mass is 35.5. The standard InChI is InChI=1S/C23H22ClFN2O5/c24-18-2-1-3-19(25)17(18)13-21-23(30)16-5-4-15(12-20(16)32-21)31-14-22(29)27-8-6-26(7-9-27)10-11-28/h1-5,12-13,28H,6-11,14H2. The minimum atomic E-state index is -0.558. The van der Waals surface area contributed by atoms with E-state index in [1.54, 1.807) is 17.0 Å². The number of rotatable bonds is 6. The number of benzene rings is 2. The number of amides is 1. The molecule has 0 saturated carbocycles. The van der Waals surface area contributed by atoms with Crippen LogP contribution in [-0.2, 0) is 4.79 Å². The van der Waals surface area contributed by atoms with Gasteiger partial charge in [-0.05, 0) is 30.3 Å². The van der Waals surface area contributed by atoms with Crippen molar-refractivity contribution >= 4 is 29.4 Å². The molecule has 0 aromatic heterocycles. The zero-order chi connectivity index (χ0) is 22.7. The molecule has 1 amide bonds. The normalized spacial score (nSPS) is 17.4. The summed E-state index contributed by atoms with van der Waals surface area (Å²) in [6, 6.07) is 8.93. The molecule has 0 spiro atoms. The third-order valence-corrected chi connectivity index (χ3v) is 5.75. The summed E-state index contributed by atoms with van der Waals surface area (Å²) in [6.45, 7) is 3.15. The summed E-state index contributed by atoms with van der Waals surface area (Å²) in [7, 11) is 0. The predicted molar refractivity (Wildman–Crippen MR) is 116 cm³/mol. The van der Waals surface area contributed by atoms with Crippen LogP contribution in [0.4, 0.5) is 4.39 Å². The number of carbonyl (C=O) groups is 2. The molecule has 7 nitrogen and oxygen atoms in total. The first-order chi connectivity index (χ1) is 15.5. The van der Waals surface area contributed by atoms with Gasteiger partial charge in [-0.3, -0.25) is 14.5 Å². The van der Waals surface area contributed by atoms with Crippen molar-refractivity contribution in [3.63, 3.8) is 0 Å². The summed E-state index contributed by atoms with van der Waals surface area (Å²) < 4.78 is 25.3. The van der Waals surface area contributed by atoms with Gasteiger partial charge in [0.05, 0.1) is 17.2 Å². The lowest BCUT2D eigenvalue weighted by Gasteiger charge is -2.34. The molecule has 2 heterocycles. The zero-order valence-corrected chi connectivity index (χ0v) is 18.0. The highest BCUT2D eigenvalue weighted by molar-refractivity contribution is 6.32. The lowest BCUT2D eigenvalue weighted by molar-refractivity contribution is -0.135. The second kappa shape index (κ2) is 9.68. The first-order valence-electron chi connectivity index (χ1n) is 10.2. The van der Waals surface area contributed by atoms with Crippen LogP contribution in [0.3, 0.4) is 0 Å². The number of piperazine rings is 1. The highest BCUT2D eigenvalue weighted by Crippen LogP contribution is 2.35. The number of aliphatic hydroxyl groups is 1. The van der Waals surface area contributed by atoms with Crippen molar-refractivity contribution < 1.29 is 28.6 Å². The maximum absolute atomic E-state index is 14.0. The molecule has 1 N–H and O–H groups in total. The van der Waals surface area contributed by atoms with Gasteiger partial charge in [-0.15, -0.1) is 0 Å². The molecule has 168 valence electrons. The number of ketones is 1. The van der Waals surface area contributed by atoms with Crippen molar-refractivity contribution in [2.45, 2.75) is 0 Å². The molecule has 0 aliphatic carbocycles. The van der Waals surface area contributed by atoms with Crippen LogP contribution in [0, 0.1) is 5.82 Å². The van der Waals surface area contributed by atoms with Crippen molar-refractivity contribution in [1.29, 1.82) is 0 Å². The van der Waals surface area contributed by atoms with Crippen molar-refractivity contribution in [3.8, 4) is 11.5 Å². The van der Waals surface area contributed by atoms with E-state index in [1.807, 2.05) is 0 Å². The minimum absolute atomic E-state index is 0.0408.